The van der Waals surface area contributed by atoms with Crippen molar-refractivity contribution in [2.45, 2.75) is 33.2 Å². The van der Waals surface area contributed by atoms with E-state index in [4.69, 9.17) is 13.9 Å². The lowest BCUT2D eigenvalue weighted by atomic mass is 9.96. The Kier molecular flexibility index (Phi) is 7.04. The van der Waals surface area contributed by atoms with Crippen molar-refractivity contribution in [2.24, 2.45) is 5.92 Å². The van der Waals surface area contributed by atoms with E-state index in [1.165, 1.54) is 5.56 Å². The first-order chi connectivity index (χ1) is 14.0. The Hall–Kier alpha value is -2.67. The zero-order chi connectivity index (χ0) is 20.8. The number of aryl methyl sites for hydroxylation is 2. The number of likely N-dealkylation sites (tertiary alicyclic amines) is 1. The van der Waals surface area contributed by atoms with E-state index in [2.05, 4.69) is 21.6 Å². The van der Waals surface area contributed by atoms with Crippen LogP contribution in [0.5, 0.6) is 11.5 Å². The lowest BCUT2D eigenvalue weighted by molar-refractivity contribution is 0.175. The molecule has 0 unspecified atom stereocenters. The number of ether oxygens (including phenoxy) is 2. The number of amides is 2. The minimum Gasteiger partial charge on any atom is -0.493 e. The van der Waals surface area contributed by atoms with Gasteiger partial charge in [0.15, 0.2) is 11.5 Å². The molecule has 2 amide bonds. The topological polar surface area (TPSA) is 76.0 Å². The average molecular weight is 402 g/mol. The third-order valence-electron chi connectivity index (χ3n) is 5.45. The molecular weight excluding hydrogens is 370 g/mol. The summed E-state index contributed by atoms with van der Waals surface area (Å²) in [7, 11) is 3.13. The Balaban J connectivity index is 1.43. The van der Waals surface area contributed by atoms with Gasteiger partial charge in [-0.25, -0.2) is 4.79 Å². The standard InChI is InChI=1S/C22H31N3O4/c1-15-12-18(16(2)29-15)14-25-10-8-17(9-11-25)13-23-22(26)24-19-6-5-7-20(27-3)21(19)28-4/h5-7,12,17H,8-11,13-14H2,1-4H3,(H2,23,24,26). The second-order valence-electron chi connectivity index (χ2n) is 7.53. The van der Waals surface area contributed by atoms with Crippen LogP contribution in [-0.4, -0.2) is 44.8 Å². The van der Waals surface area contributed by atoms with E-state index in [1.54, 1.807) is 26.4 Å². The van der Waals surface area contributed by atoms with Crippen LogP contribution in [0.3, 0.4) is 0 Å². The number of anilines is 1. The third-order valence-corrected chi connectivity index (χ3v) is 5.45. The van der Waals surface area contributed by atoms with Gasteiger partial charge in [-0.05, 0) is 63.9 Å². The molecule has 0 spiro atoms. The van der Waals surface area contributed by atoms with Crippen molar-refractivity contribution in [3.05, 3.63) is 41.3 Å². The number of para-hydroxylation sites is 1. The molecule has 1 aliphatic rings. The summed E-state index contributed by atoms with van der Waals surface area (Å²) in [5, 5.41) is 5.84. The SMILES string of the molecule is COc1cccc(NC(=O)NCC2CCN(Cc3cc(C)oc3C)CC2)c1OC. The fourth-order valence-corrected chi connectivity index (χ4v) is 3.82. The molecule has 2 aromatic rings. The van der Waals surface area contributed by atoms with E-state index in [0.717, 1.165) is 44.0 Å². The summed E-state index contributed by atoms with van der Waals surface area (Å²) in [4.78, 5) is 14.8. The monoisotopic (exact) mass is 401 g/mol. The van der Waals surface area contributed by atoms with E-state index in [0.29, 0.717) is 29.6 Å². The molecule has 158 valence electrons. The first kappa shape index (κ1) is 21.0. The summed E-state index contributed by atoms with van der Waals surface area (Å²) in [5.74, 6) is 3.56. The van der Waals surface area contributed by atoms with E-state index < -0.39 is 0 Å². The summed E-state index contributed by atoms with van der Waals surface area (Å²) in [5.41, 5.74) is 1.86. The minimum atomic E-state index is -0.233. The van der Waals surface area contributed by atoms with Gasteiger partial charge < -0.3 is 24.5 Å². The van der Waals surface area contributed by atoms with Crippen molar-refractivity contribution in [2.75, 3.05) is 39.2 Å². The van der Waals surface area contributed by atoms with E-state index >= 15 is 0 Å². The van der Waals surface area contributed by atoms with Gasteiger partial charge in [-0.15, -0.1) is 0 Å². The highest BCUT2D eigenvalue weighted by molar-refractivity contribution is 5.91. The number of carbonyl (C=O) groups is 1. The highest BCUT2D eigenvalue weighted by atomic mass is 16.5. The summed E-state index contributed by atoms with van der Waals surface area (Å²) in [6, 6.07) is 7.29. The van der Waals surface area contributed by atoms with Gasteiger partial charge in [0.25, 0.3) is 0 Å². The maximum atomic E-state index is 12.3. The molecule has 7 heteroatoms. The molecule has 7 nitrogen and oxygen atoms in total. The maximum Gasteiger partial charge on any atom is 0.319 e. The fraction of sp³-hybridized carbons (Fsp3) is 0.500. The highest BCUT2D eigenvalue weighted by Gasteiger charge is 2.21. The van der Waals surface area contributed by atoms with Crippen molar-refractivity contribution >= 4 is 11.7 Å². The van der Waals surface area contributed by atoms with Gasteiger partial charge in [-0.1, -0.05) is 6.07 Å². The Labute approximate surface area is 172 Å². The molecule has 0 atom stereocenters. The Bertz CT molecular complexity index is 825. The smallest absolute Gasteiger partial charge is 0.319 e. The van der Waals surface area contributed by atoms with Crippen LogP contribution in [0.4, 0.5) is 10.5 Å². The average Bonchev–Trinajstić information content (AvgIpc) is 3.03. The number of hydrogen-bond donors (Lipinski definition) is 2. The first-order valence-electron chi connectivity index (χ1n) is 10.0. The predicted molar refractivity (Wildman–Crippen MR) is 113 cm³/mol. The lowest BCUT2D eigenvalue weighted by Crippen LogP contribution is -2.39. The van der Waals surface area contributed by atoms with Crippen molar-refractivity contribution < 1.29 is 18.7 Å². The number of nitrogens with zero attached hydrogens (tertiary/aromatic N) is 1. The van der Waals surface area contributed by atoms with Gasteiger partial charge >= 0.3 is 6.03 Å². The van der Waals surface area contributed by atoms with E-state index in [9.17, 15) is 4.79 Å². The number of piperidine rings is 1. The van der Waals surface area contributed by atoms with Crippen molar-refractivity contribution in [3.8, 4) is 11.5 Å². The van der Waals surface area contributed by atoms with Gasteiger partial charge in [0.05, 0.1) is 19.9 Å². The number of urea groups is 1. The lowest BCUT2D eigenvalue weighted by Gasteiger charge is -2.31. The molecule has 1 aliphatic heterocycles. The quantitative estimate of drug-likeness (QED) is 0.735. The van der Waals surface area contributed by atoms with Crippen LogP contribution in [-0.2, 0) is 6.54 Å². The number of rotatable bonds is 7. The number of methoxy groups -OCH3 is 2. The molecule has 1 aromatic carbocycles. The summed E-state index contributed by atoms with van der Waals surface area (Å²) >= 11 is 0. The molecule has 29 heavy (non-hydrogen) atoms. The van der Waals surface area contributed by atoms with Gasteiger partial charge in [-0.2, -0.15) is 0 Å². The molecule has 0 bridgehead atoms. The van der Waals surface area contributed by atoms with E-state index in [-0.39, 0.29) is 6.03 Å². The predicted octanol–water partition coefficient (Wildman–Crippen LogP) is 3.95. The number of carbonyl (C=O) groups excluding carboxylic acids is 1. The van der Waals surface area contributed by atoms with Crippen LogP contribution in [0.25, 0.3) is 0 Å². The molecule has 0 radical (unpaired) electrons. The Morgan fingerprint density at radius 2 is 1.97 bits per heavy atom. The maximum absolute atomic E-state index is 12.3. The second-order valence-corrected chi connectivity index (χ2v) is 7.53. The van der Waals surface area contributed by atoms with Gasteiger partial charge in [0.1, 0.15) is 11.5 Å². The Morgan fingerprint density at radius 1 is 1.21 bits per heavy atom. The summed E-state index contributed by atoms with van der Waals surface area (Å²) in [6.45, 7) is 7.66. The van der Waals surface area contributed by atoms with Gasteiger partial charge in [0, 0.05) is 18.7 Å². The zero-order valence-corrected chi connectivity index (χ0v) is 17.7. The van der Waals surface area contributed by atoms with Crippen molar-refractivity contribution in [1.29, 1.82) is 0 Å². The molecule has 1 aromatic heterocycles. The van der Waals surface area contributed by atoms with Gasteiger partial charge in [-0.3, -0.25) is 4.90 Å². The van der Waals surface area contributed by atoms with E-state index in [1.807, 2.05) is 19.9 Å². The van der Waals surface area contributed by atoms with Crippen LogP contribution < -0.4 is 20.1 Å². The third kappa shape index (κ3) is 5.44. The summed E-state index contributed by atoms with van der Waals surface area (Å²) < 4.78 is 16.2. The minimum absolute atomic E-state index is 0.233. The number of furan rings is 1. The molecule has 2 N–H and O–H groups in total. The molecular formula is C22H31N3O4. The van der Waals surface area contributed by atoms with Crippen molar-refractivity contribution in [1.82, 2.24) is 10.2 Å². The van der Waals surface area contributed by atoms with Crippen LogP contribution in [0, 0.1) is 19.8 Å². The zero-order valence-electron chi connectivity index (χ0n) is 17.7. The second kappa shape index (κ2) is 9.69. The first-order valence-corrected chi connectivity index (χ1v) is 10.0. The van der Waals surface area contributed by atoms with Gasteiger partial charge in [0.2, 0.25) is 0 Å². The Morgan fingerprint density at radius 3 is 2.59 bits per heavy atom. The number of benzene rings is 1. The number of hydrogen-bond acceptors (Lipinski definition) is 5. The van der Waals surface area contributed by atoms with Crippen LogP contribution in [0.2, 0.25) is 0 Å². The van der Waals surface area contributed by atoms with Crippen LogP contribution in [0.15, 0.2) is 28.7 Å². The molecule has 0 saturated carbocycles. The number of nitrogens with one attached hydrogen (secondary N) is 2. The normalized spacial score (nSPS) is 15.2. The molecule has 2 heterocycles. The van der Waals surface area contributed by atoms with Crippen molar-refractivity contribution in [3.63, 3.8) is 0 Å². The molecule has 0 aliphatic carbocycles. The fourth-order valence-electron chi connectivity index (χ4n) is 3.82. The highest BCUT2D eigenvalue weighted by Crippen LogP contribution is 2.34. The molecule has 1 fully saturated rings. The largest absolute Gasteiger partial charge is 0.493 e. The van der Waals surface area contributed by atoms with Crippen LogP contribution >= 0.6 is 0 Å². The van der Waals surface area contributed by atoms with Crippen LogP contribution in [0.1, 0.15) is 29.9 Å². The molecule has 1 saturated heterocycles. The molecule has 3 rings (SSSR count). The summed E-state index contributed by atoms with van der Waals surface area (Å²) in [6.07, 6.45) is 2.14.